The van der Waals surface area contributed by atoms with Crippen LogP contribution in [0, 0.1) is 5.92 Å². The quantitative estimate of drug-likeness (QED) is 0.0778. The lowest BCUT2D eigenvalue weighted by Gasteiger charge is -2.29. The van der Waals surface area contributed by atoms with E-state index in [2.05, 4.69) is 38.1 Å². The topological polar surface area (TPSA) is 36.9 Å². The largest absolute Gasteiger partial charge is 0.381 e. The Kier molecular flexibility index (Phi) is 26.3. The highest BCUT2D eigenvalue weighted by Gasteiger charge is 2.24. The van der Waals surface area contributed by atoms with Crippen molar-refractivity contribution >= 4 is 0 Å². The molecule has 1 aromatic rings. The van der Waals surface area contributed by atoms with Gasteiger partial charge in [-0.25, -0.2) is 0 Å². The molecule has 1 fully saturated rings. The Labute approximate surface area is 273 Å². The fourth-order valence-corrected chi connectivity index (χ4v) is 6.19. The first-order chi connectivity index (χ1) is 21.8. The molecule has 0 spiro atoms. The highest BCUT2D eigenvalue weighted by molar-refractivity contribution is 5.24. The van der Waals surface area contributed by atoms with Crippen molar-refractivity contribution in [1.82, 2.24) is 0 Å². The van der Waals surface area contributed by atoms with E-state index in [1.165, 1.54) is 153 Å². The van der Waals surface area contributed by atoms with Crippen LogP contribution in [-0.4, -0.2) is 33.0 Å². The summed E-state index contributed by atoms with van der Waals surface area (Å²) in [6.07, 6.45) is 32.7. The van der Waals surface area contributed by atoms with E-state index in [0.29, 0.717) is 25.7 Å². The molecule has 0 N–H and O–H groups in total. The molecule has 1 aliphatic rings. The van der Waals surface area contributed by atoms with E-state index in [1.807, 2.05) is 0 Å². The van der Waals surface area contributed by atoms with Crippen molar-refractivity contribution < 1.29 is 18.9 Å². The number of benzene rings is 1. The van der Waals surface area contributed by atoms with Gasteiger partial charge < -0.3 is 18.9 Å². The number of hydrogen-bond donors (Lipinski definition) is 0. The van der Waals surface area contributed by atoms with Gasteiger partial charge in [-0.15, -0.1) is 0 Å². The van der Waals surface area contributed by atoms with Crippen LogP contribution < -0.4 is 0 Å². The third-order valence-electron chi connectivity index (χ3n) is 9.10. The molecule has 44 heavy (non-hydrogen) atoms. The molecule has 0 atom stereocenters. The Morgan fingerprint density at radius 1 is 0.545 bits per heavy atom. The van der Waals surface area contributed by atoms with Crippen molar-refractivity contribution in [2.24, 2.45) is 5.92 Å². The van der Waals surface area contributed by atoms with E-state index in [-0.39, 0.29) is 6.29 Å². The van der Waals surface area contributed by atoms with Crippen LogP contribution in [0.3, 0.4) is 0 Å². The molecule has 1 saturated heterocycles. The van der Waals surface area contributed by atoms with Gasteiger partial charge in [0.25, 0.3) is 0 Å². The van der Waals surface area contributed by atoms with Gasteiger partial charge in [-0.3, -0.25) is 0 Å². The lowest BCUT2D eigenvalue weighted by atomic mass is 10.1. The summed E-state index contributed by atoms with van der Waals surface area (Å²) in [4.78, 5) is 0. The average molecular weight is 617 g/mol. The molecule has 256 valence electrons. The summed E-state index contributed by atoms with van der Waals surface area (Å²) in [5, 5.41) is 0. The molecule has 0 aliphatic carbocycles. The van der Waals surface area contributed by atoms with Crippen LogP contribution in [0.25, 0.3) is 0 Å². The molecule has 1 aliphatic heterocycles. The maximum atomic E-state index is 6.09. The van der Waals surface area contributed by atoms with Crippen molar-refractivity contribution in [2.75, 3.05) is 33.0 Å². The summed E-state index contributed by atoms with van der Waals surface area (Å²) < 4.78 is 24.1. The highest BCUT2D eigenvalue weighted by atomic mass is 16.7. The second-order valence-electron chi connectivity index (χ2n) is 13.5. The van der Waals surface area contributed by atoms with Crippen LogP contribution in [-0.2, 0) is 25.6 Å². The van der Waals surface area contributed by atoms with E-state index in [0.717, 1.165) is 31.8 Å². The van der Waals surface area contributed by atoms with E-state index in [4.69, 9.17) is 18.9 Å². The van der Waals surface area contributed by atoms with Gasteiger partial charge in [-0.1, -0.05) is 173 Å². The van der Waals surface area contributed by atoms with Crippen LogP contribution in [0.4, 0.5) is 0 Å². The summed E-state index contributed by atoms with van der Waals surface area (Å²) in [7, 11) is 0. The summed E-state index contributed by atoms with van der Waals surface area (Å²) in [6, 6.07) is 8.51. The molecule has 4 heteroatoms. The maximum absolute atomic E-state index is 6.09. The molecule has 0 saturated carbocycles. The minimum atomic E-state index is -0.279. The standard InChI is InChI=1S/C40H72O4/c1-3-5-7-9-11-13-15-17-19-21-23-25-30-41-33-37-28-27-29-39(32-37)40-43-35-38(36-44-40)34-42-31-26-24-22-20-18-16-14-12-10-8-6-4-2/h27-29,32,38,40H,3-26,30-31,33-36H2,1-2H3. The van der Waals surface area contributed by atoms with E-state index < -0.39 is 0 Å². The van der Waals surface area contributed by atoms with Gasteiger partial charge in [0.2, 0.25) is 0 Å². The van der Waals surface area contributed by atoms with Gasteiger partial charge >= 0.3 is 0 Å². The molecule has 2 rings (SSSR count). The molecule has 0 bridgehead atoms. The maximum Gasteiger partial charge on any atom is 0.183 e. The zero-order valence-electron chi connectivity index (χ0n) is 29.3. The third-order valence-corrected chi connectivity index (χ3v) is 9.10. The Hall–Kier alpha value is -0.940. The summed E-state index contributed by atoms with van der Waals surface area (Å²) >= 11 is 0. The SMILES string of the molecule is CCCCCCCCCCCCCCOCc1cccc(C2OCC(COCCCCCCCCCCCCCC)CO2)c1. The van der Waals surface area contributed by atoms with Gasteiger partial charge in [0.15, 0.2) is 6.29 Å². The number of rotatable bonds is 31. The Morgan fingerprint density at radius 3 is 1.45 bits per heavy atom. The molecular formula is C40H72O4. The summed E-state index contributed by atoms with van der Waals surface area (Å²) in [5.41, 5.74) is 2.29. The smallest absolute Gasteiger partial charge is 0.183 e. The van der Waals surface area contributed by atoms with Crippen LogP contribution in [0.2, 0.25) is 0 Å². The van der Waals surface area contributed by atoms with E-state index >= 15 is 0 Å². The summed E-state index contributed by atoms with van der Waals surface area (Å²) in [6.45, 7) is 9.07. The molecule has 0 radical (unpaired) electrons. The predicted octanol–water partition coefficient (Wildman–Crippen LogP) is 12.3. The van der Waals surface area contributed by atoms with Crippen LogP contribution in [0.15, 0.2) is 24.3 Å². The predicted molar refractivity (Wildman–Crippen MR) is 187 cm³/mol. The number of unbranched alkanes of at least 4 members (excludes halogenated alkanes) is 22. The van der Waals surface area contributed by atoms with Crippen LogP contribution in [0.1, 0.15) is 185 Å². The molecule has 4 nitrogen and oxygen atoms in total. The zero-order chi connectivity index (χ0) is 31.2. The first kappa shape index (κ1) is 39.2. The van der Waals surface area contributed by atoms with Crippen molar-refractivity contribution in [2.45, 2.75) is 181 Å². The lowest BCUT2D eigenvalue weighted by Crippen LogP contribution is -2.30. The minimum absolute atomic E-state index is 0.279. The van der Waals surface area contributed by atoms with Crippen LogP contribution >= 0.6 is 0 Å². The van der Waals surface area contributed by atoms with Crippen LogP contribution in [0.5, 0.6) is 0 Å². The Bertz CT molecular complexity index is 730. The third kappa shape index (κ3) is 21.7. The van der Waals surface area contributed by atoms with Crippen molar-refractivity contribution in [3.63, 3.8) is 0 Å². The van der Waals surface area contributed by atoms with Gasteiger partial charge in [0.05, 0.1) is 26.4 Å². The number of hydrogen-bond acceptors (Lipinski definition) is 4. The lowest BCUT2D eigenvalue weighted by molar-refractivity contribution is -0.212. The first-order valence-electron chi connectivity index (χ1n) is 19.3. The summed E-state index contributed by atoms with van der Waals surface area (Å²) in [5.74, 6) is 0.325. The molecule has 1 aromatic carbocycles. The molecule has 0 aromatic heterocycles. The first-order valence-corrected chi connectivity index (χ1v) is 19.3. The number of ether oxygens (including phenoxy) is 4. The van der Waals surface area contributed by atoms with Gasteiger partial charge in [-0.05, 0) is 24.5 Å². The van der Waals surface area contributed by atoms with Crippen molar-refractivity contribution in [1.29, 1.82) is 0 Å². The molecule has 0 amide bonds. The fraction of sp³-hybridized carbons (Fsp3) is 0.850. The average Bonchev–Trinajstić information content (AvgIpc) is 3.05. The Balaban J connectivity index is 1.39. The van der Waals surface area contributed by atoms with Gasteiger partial charge in [0.1, 0.15) is 0 Å². The molecule has 1 heterocycles. The van der Waals surface area contributed by atoms with Crippen molar-refractivity contribution in [3.8, 4) is 0 Å². The van der Waals surface area contributed by atoms with Gasteiger partial charge in [-0.2, -0.15) is 0 Å². The second kappa shape index (κ2) is 29.5. The Morgan fingerprint density at radius 2 is 0.977 bits per heavy atom. The second-order valence-corrected chi connectivity index (χ2v) is 13.5. The highest BCUT2D eigenvalue weighted by Crippen LogP contribution is 2.26. The fourth-order valence-electron chi connectivity index (χ4n) is 6.19. The van der Waals surface area contributed by atoms with Gasteiger partial charge in [0, 0.05) is 24.7 Å². The minimum Gasteiger partial charge on any atom is -0.381 e. The van der Waals surface area contributed by atoms with E-state index in [9.17, 15) is 0 Å². The normalized spacial score (nSPS) is 17.0. The van der Waals surface area contributed by atoms with E-state index in [1.54, 1.807) is 0 Å². The molecular weight excluding hydrogens is 544 g/mol. The van der Waals surface area contributed by atoms with Crippen molar-refractivity contribution in [3.05, 3.63) is 35.4 Å². The zero-order valence-corrected chi connectivity index (χ0v) is 29.3. The molecule has 0 unspecified atom stereocenters. The monoisotopic (exact) mass is 617 g/mol.